The Balaban J connectivity index is 2.43. The highest BCUT2D eigenvalue weighted by Crippen LogP contribution is 2.25. The molecule has 0 spiro atoms. The van der Waals surface area contributed by atoms with Crippen molar-refractivity contribution >= 4 is 16.0 Å². The van der Waals surface area contributed by atoms with Gasteiger partial charge in [-0.05, 0) is 24.6 Å². The largest absolute Gasteiger partial charge is 0.465 e. The molecule has 116 valence electrons. The molecule has 2 rings (SSSR count). The van der Waals surface area contributed by atoms with Gasteiger partial charge in [0.1, 0.15) is 0 Å². The van der Waals surface area contributed by atoms with Crippen molar-refractivity contribution in [3.63, 3.8) is 0 Å². The van der Waals surface area contributed by atoms with Crippen LogP contribution in [0, 0.1) is 6.92 Å². The van der Waals surface area contributed by atoms with E-state index in [4.69, 9.17) is 0 Å². The number of aryl methyl sites for hydroxylation is 1. The standard InChI is InChI=1S/C13H17NO6S/c1-8-3-4-9(13(17)20-2)5-12(8)21(18,19)14-6-10(15)11(16)7-14/h3-5,10-11,15-16H,6-7H2,1-2H3. The predicted molar refractivity (Wildman–Crippen MR) is 73.3 cm³/mol. The fourth-order valence-corrected chi connectivity index (χ4v) is 3.92. The van der Waals surface area contributed by atoms with E-state index in [-0.39, 0.29) is 23.5 Å². The maximum Gasteiger partial charge on any atom is 0.337 e. The molecule has 1 heterocycles. The van der Waals surface area contributed by atoms with Crippen molar-refractivity contribution in [2.24, 2.45) is 0 Å². The lowest BCUT2D eigenvalue weighted by molar-refractivity contribution is 0.0572. The number of sulfonamides is 1. The summed E-state index contributed by atoms with van der Waals surface area (Å²) in [6.07, 6.45) is -2.22. The van der Waals surface area contributed by atoms with E-state index < -0.39 is 28.2 Å². The van der Waals surface area contributed by atoms with Crippen LogP contribution in [0.5, 0.6) is 0 Å². The first kappa shape index (κ1) is 15.9. The summed E-state index contributed by atoms with van der Waals surface area (Å²) in [5, 5.41) is 19.0. The van der Waals surface area contributed by atoms with Crippen molar-refractivity contribution in [2.45, 2.75) is 24.0 Å². The molecule has 2 atom stereocenters. The van der Waals surface area contributed by atoms with Crippen molar-refractivity contribution in [1.82, 2.24) is 4.31 Å². The van der Waals surface area contributed by atoms with Crippen LogP contribution in [0.2, 0.25) is 0 Å². The first-order valence-electron chi connectivity index (χ1n) is 6.32. The van der Waals surface area contributed by atoms with Gasteiger partial charge in [0, 0.05) is 13.1 Å². The summed E-state index contributed by atoms with van der Waals surface area (Å²) >= 11 is 0. The second kappa shape index (κ2) is 5.72. The molecule has 21 heavy (non-hydrogen) atoms. The second-order valence-corrected chi connectivity index (χ2v) is 6.83. The minimum absolute atomic E-state index is 0.0355. The summed E-state index contributed by atoms with van der Waals surface area (Å²) in [6.45, 7) is 1.26. The number of aliphatic hydroxyl groups excluding tert-OH is 2. The Morgan fingerprint density at radius 3 is 2.38 bits per heavy atom. The van der Waals surface area contributed by atoms with Crippen LogP contribution in [0.3, 0.4) is 0 Å². The summed E-state index contributed by atoms with van der Waals surface area (Å²) in [5.74, 6) is -0.632. The third-order valence-corrected chi connectivity index (χ3v) is 5.43. The van der Waals surface area contributed by atoms with Crippen molar-refractivity contribution in [2.75, 3.05) is 20.2 Å². The van der Waals surface area contributed by atoms with Gasteiger partial charge in [-0.2, -0.15) is 4.31 Å². The van der Waals surface area contributed by atoms with Gasteiger partial charge in [0.15, 0.2) is 0 Å². The van der Waals surface area contributed by atoms with Crippen LogP contribution < -0.4 is 0 Å². The van der Waals surface area contributed by atoms with E-state index in [0.29, 0.717) is 5.56 Å². The Morgan fingerprint density at radius 2 is 1.86 bits per heavy atom. The molecule has 0 aliphatic carbocycles. The van der Waals surface area contributed by atoms with Gasteiger partial charge < -0.3 is 14.9 Å². The fraction of sp³-hybridized carbons (Fsp3) is 0.462. The SMILES string of the molecule is COC(=O)c1ccc(C)c(S(=O)(=O)N2CC(O)C(O)C2)c1. The van der Waals surface area contributed by atoms with E-state index >= 15 is 0 Å². The Morgan fingerprint density at radius 1 is 1.29 bits per heavy atom. The summed E-state index contributed by atoms with van der Waals surface area (Å²) in [6, 6.07) is 4.24. The van der Waals surface area contributed by atoms with E-state index in [1.165, 1.54) is 25.3 Å². The Hall–Kier alpha value is -1.48. The molecule has 7 nitrogen and oxygen atoms in total. The maximum atomic E-state index is 12.6. The van der Waals surface area contributed by atoms with Gasteiger partial charge >= 0.3 is 5.97 Å². The molecule has 1 aromatic carbocycles. The zero-order chi connectivity index (χ0) is 15.8. The highest BCUT2D eigenvalue weighted by atomic mass is 32.2. The number of rotatable bonds is 3. The molecule has 1 aliphatic rings. The first-order chi connectivity index (χ1) is 9.77. The Kier molecular flexibility index (Phi) is 4.33. The summed E-state index contributed by atoms with van der Waals surface area (Å²) in [7, 11) is -2.68. The molecule has 0 amide bonds. The van der Waals surface area contributed by atoms with E-state index in [1.54, 1.807) is 6.92 Å². The number of methoxy groups -OCH3 is 1. The number of carbonyl (C=O) groups excluding carboxylic acids is 1. The summed E-state index contributed by atoms with van der Waals surface area (Å²) in [4.78, 5) is 11.5. The first-order valence-corrected chi connectivity index (χ1v) is 7.76. The van der Waals surface area contributed by atoms with Crippen LogP contribution in [0.4, 0.5) is 0 Å². The molecule has 1 aromatic rings. The number of benzene rings is 1. The van der Waals surface area contributed by atoms with Crippen LogP contribution in [0.25, 0.3) is 0 Å². The molecule has 0 bridgehead atoms. The molecule has 0 radical (unpaired) electrons. The highest BCUT2D eigenvalue weighted by molar-refractivity contribution is 7.89. The molecule has 0 aromatic heterocycles. The maximum absolute atomic E-state index is 12.6. The second-order valence-electron chi connectivity index (χ2n) is 4.93. The van der Waals surface area contributed by atoms with E-state index in [1.807, 2.05) is 0 Å². The molecule has 2 N–H and O–H groups in total. The average Bonchev–Trinajstić information content (AvgIpc) is 2.79. The molecular formula is C13H17NO6S. The van der Waals surface area contributed by atoms with Crippen LogP contribution in [-0.4, -0.2) is 61.3 Å². The van der Waals surface area contributed by atoms with Gasteiger partial charge in [-0.3, -0.25) is 0 Å². The molecular weight excluding hydrogens is 298 g/mol. The van der Waals surface area contributed by atoms with Gasteiger partial charge in [0.25, 0.3) is 0 Å². The average molecular weight is 315 g/mol. The summed E-state index contributed by atoms with van der Waals surface area (Å²) < 4.78 is 30.7. The Bertz CT molecular complexity index is 647. The third-order valence-electron chi connectivity index (χ3n) is 3.45. The van der Waals surface area contributed by atoms with Crippen LogP contribution in [0.1, 0.15) is 15.9 Å². The number of esters is 1. The third kappa shape index (κ3) is 2.93. The minimum Gasteiger partial charge on any atom is -0.465 e. The zero-order valence-corrected chi connectivity index (χ0v) is 12.5. The van der Waals surface area contributed by atoms with Gasteiger partial charge in [-0.25, -0.2) is 13.2 Å². The van der Waals surface area contributed by atoms with Crippen molar-refractivity contribution in [3.05, 3.63) is 29.3 Å². The number of aliphatic hydroxyl groups is 2. The smallest absolute Gasteiger partial charge is 0.337 e. The normalized spacial score (nSPS) is 23.2. The van der Waals surface area contributed by atoms with Gasteiger partial charge in [-0.15, -0.1) is 0 Å². The summed E-state index contributed by atoms with van der Waals surface area (Å²) in [5.41, 5.74) is 0.598. The topological polar surface area (TPSA) is 104 Å². The zero-order valence-electron chi connectivity index (χ0n) is 11.7. The number of nitrogens with zero attached hydrogens (tertiary/aromatic N) is 1. The minimum atomic E-state index is -3.89. The molecule has 8 heteroatoms. The monoisotopic (exact) mass is 315 g/mol. The number of carbonyl (C=O) groups is 1. The van der Waals surface area contributed by atoms with Gasteiger partial charge in [0.05, 0.1) is 29.8 Å². The quantitative estimate of drug-likeness (QED) is 0.729. The molecule has 0 saturated carbocycles. The van der Waals surface area contributed by atoms with E-state index in [0.717, 1.165) is 4.31 Å². The van der Waals surface area contributed by atoms with Crippen molar-refractivity contribution in [3.8, 4) is 0 Å². The number of ether oxygens (including phenoxy) is 1. The highest BCUT2D eigenvalue weighted by Gasteiger charge is 2.38. The van der Waals surface area contributed by atoms with Crippen LogP contribution >= 0.6 is 0 Å². The van der Waals surface area contributed by atoms with Crippen LogP contribution in [-0.2, 0) is 14.8 Å². The van der Waals surface area contributed by atoms with Crippen molar-refractivity contribution < 1.29 is 28.2 Å². The van der Waals surface area contributed by atoms with E-state index in [2.05, 4.69) is 4.74 Å². The molecule has 2 unspecified atom stereocenters. The van der Waals surface area contributed by atoms with Gasteiger partial charge in [0.2, 0.25) is 10.0 Å². The van der Waals surface area contributed by atoms with Crippen LogP contribution in [0.15, 0.2) is 23.1 Å². The van der Waals surface area contributed by atoms with E-state index in [9.17, 15) is 23.4 Å². The molecule has 1 aliphatic heterocycles. The number of β-amino-alcohol motifs (C(OH)–C–C–N with tert-alkyl or cyclic N) is 2. The Labute approximate surface area is 122 Å². The molecule has 1 fully saturated rings. The predicted octanol–water partition coefficient (Wildman–Crippen LogP) is -0.492. The molecule has 1 saturated heterocycles. The van der Waals surface area contributed by atoms with Crippen molar-refractivity contribution in [1.29, 1.82) is 0 Å². The lowest BCUT2D eigenvalue weighted by Crippen LogP contribution is -2.30. The number of hydrogen-bond donors (Lipinski definition) is 2. The lowest BCUT2D eigenvalue weighted by Gasteiger charge is -2.17. The van der Waals surface area contributed by atoms with Gasteiger partial charge in [-0.1, -0.05) is 6.07 Å². The lowest BCUT2D eigenvalue weighted by atomic mass is 10.1. The fourth-order valence-electron chi connectivity index (χ4n) is 2.19. The number of hydrogen-bond acceptors (Lipinski definition) is 6.